The third kappa shape index (κ3) is 2.84. The number of aromatic nitrogens is 2. The van der Waals surface area contributed by atoms with Crippen molar-refractivity contribution >= 4 is 0 Å². The Kier molecular flexibility index (Phi) is 3.19. The van der Waals surface area contributed by atoms with Crippen molar-refractivity contribution < 1.29 is 0 Å². The molecule has 0 spiro atoms. The fourth-order valence-corrected chi connectivity index (χ4v) is 1.69. The predicted molar refractivity (Wildman–Crippen MR) is 56.9 cm³/mol. The lowest BCUT2D eigenvalue weighted by atomic mass is 10.2. The van der Waals surface area contributed by atoms with Gasteiger partial charge in [-0.2, -0.15) is 0 Å². The van der Waals surface area contributed by atoms with Crippen LogP contribution in [0, 0.1) is 5.92 Å². The summed E-state index contributed by atoms with van der Waals surface area (Å²) in [5.74, 6) is 1.06. The van der Waals surface area contributed by atoms with Gasteiger partial charge in [0.1, 0.15) is 0 Å². The van der Waals surface area contributed by atoms with Gasteiger partial charge in [0.05, 0.1) is 12.0 Å². The molecule has 0 radical (unpaired) electrons. The smallest absolute Gasteiger partial charge is 0.0945 e. The van der Waals surface area contributed by atoms with Gasteiger partial charge in [0.25, 0.3) is 0 Å². The number of imidazole rings is 1. The van der Waals surface area contributed by atoms with E-state index in [0.717, 1.165) is 19.0 Å². The molecule has 1 fully saturated rings. The van der Waals surface area contributed by atoms with Crippen LogP contribution < -0.4 is 5.32 Å². The lowest BCUT2D eigenvalue weighted by Crippen LogP contribution is -2.16. The molecule has 2 rings (SSSR count). The van der Waals surface area contributed by atoms with Crippen molar-refractivity contribution in [2.24, 2.45) is 13.0 Å². The molecule has 3 nitrogen and oxygen atoms in total. The van der Waals surface area contributed by atoms with E-state index in [-0.39, 0.29) is 0 Å². The second-order valence-corrected chi connectivity index (χ2v) is 4.26. The fourth-order valence-electron chi connectivity index (χ4n) is 1.69. The second kappa shape index (κ2) is 4.60. The number of nitrogens with one attached hydrogen (secondary N) is 1. The molecule has 78 valence electrons. The summed E-state index contributed by atoms with van der Waals surface area (Å²) in [6, 6.07) is 0. The van der Waals surface area contributed by atoms with Gasteiger partial charge < -0.3 is 9.88 Å². The van der Waals surface area contributed by atoms with Crippen LogP contribution in [0.4, 0.5) is 0 Å². The molecule has 0 aliphatic heterocycles. The summed E-state index contributed by atoms with van der Waals surface area (Å²) in [4.78, 5) is 4.08. The maximum Gasteiger partial charge on any atom is 0.0945 e. The summed E-state index contributed by atoms with van der Waals surface area (Å²) in [5.41, 5.74) is 1.26. The van der Waals surface area contributed by atoms with Gasteiger partial charge in [0.2, 0.25) is 0 Å². The molecular formula is C11H19N3. The third-order valence-corrected chi connectivity index (χ3v) is 2.89. The van der Waals surface area contributed by atoms with Gasteiger partial charge in [-0.25, -0.2) is 4.98 Å². The average Bonchev–Trinajstić information content (AvgIpc) is 2.91. The second-order valence-electron chi connectivity index (χ2n) is 4.26. The van der Waals surface area contributed by atoms with Gasteiger partial charge in [-0.05, 0) is 25.3 Å². The van der Waals surface area contributed by atoms with Gasteiger partial charge in [-0.15, -0.1) is 0 Å². The summed E-state index contributed by atoms with van der Waals surface area (Å²) < 4.78 is 2.06. The van der Waals surface area contributed by atoms with Crippen LogP contribution in [-0.4, -0.2) is 16.1 Å². The SMILES string of the molecule is Cn1cncc1CNCCCC1CC1. The molecule has 1 aliphatic rings. The largest absolute Gasteiger partial charge is 0.337 e. The Morgan fingerprint density at radius 2 is 2.43 bits per heavy atom. The summed E-state index contributed by atoms with van der Waals surface area (Å²) in [6.45, 7) is 2.09. The first-order valence-corrected chi connectivity index (χ1v) is 5.52. The lowest BCUT2D eigenvalue weighted by molar-refractivity contribution is 0.582. The van der Waals surface area contributed by atoms with Crippen molar-refractivity contribution in [3.63, 3.8) is 0 Å². The highest BCUT2D eigenvalue weighted by atomic mass is 15.0. The van der Waals surface area contributed by atoms with Gasteiger partial charge in [0.15, 0.2) is 0 Å². The summed E-state index contributed by atoms with van der Waals surface area (Å²) in [5, 5.41) is 3.45. The molecule has 0 aromatic carbocycles. The zero-order chi connectivity index (χ0) is 9.80. The maximum absolute atomic E-state index is 4.08. The number of hydrogen-bond acceptors (Lipinski definition) is 2. The average molecular weight is 193 g/mol. The van der Waals surface area contributed by atoms with Gasteiger partial charge in [0, 0.05) is 19.8 Å². The number of rotatable bonds is 6. The van der Waals surface area contributed by atoms with E-state index >= 15 is 0 Å². The van der Waals surface area contributed by atoms with Crippen LogP contribution in [0.1, 0.15) is 31.4 Å². The standard InChI is InChI=1S/C11H19N3/c1-14-9-13-8-11(14)7-12-6-2-3-10-4-5-10/h8-10,12H,2-7H2,1H3. The van der Waals surface area contributed by atoms with Crippen molar-refractivity contribution in [3.05, 3.63) is 18.2 Å². The monoisotopic (exact) mass is 193 g/mol. The van der Waals surface area contributed by atoms with Crippen molar-refractivity contribution in [1.82, 2.24) is 14.9 Å². The minimum atomic E-state index is 0.946. The Morgan fingerprint density at radius 1 is 1.57 bits per heavy atom. The number of aryl methyl sites for hydroxylation is 1. The van der Waals surface area contributed by atoms with Crippen LogP contribution in [0.15, 0.2) is 12.5 Å². The molecular weight excluding hydrogens is 174 g/mol. The Morgan fingerprint density at radius 3 is 3.07 bits per heavy atom. The minimum absolute atomic E-state index is 0.946. The van der Waals surface area contributed by atoms with Gasteiger partial charge in [-0.3, -0.25) is 0 Å². The van der Waals surface area contributed by atoms with Gasteiger partial charge >= 0.3 is 0 Å². The highest BCUT2D eigenvalue weighted by Crippen LogP contribution is 2.33. The normalized spacial score (nSPS) is 16.1. The fraction of sp³-hybridized carbons (Fsp3) is 0.727. The molecule has 1 aromatic rings. The van der Waals surface area contributed by atoms with E-state index in [1.807, 2.05) is 19.6 Å². The molecule has 3 heteroatoms. The summed E-state index contributed by atoms with van der Waals surface area (Å²) >= 11 is 0. The van der Waals surface area contributed by atoms with Gasteiger partial charge in [-0.1, -0.05) is 12.8 Å². The molecule has 0 saturated heterocycles. The van der Waals surface area contributed by atoms with Crippen LogP contribution in [0.3, 0.4) is 0 Å². The molecule has 1 saturated carbocycles. The molecule has 0 bridgehead atoms. The van der Waals surface area contributed by atoms with E-state index in [2.05, 4.69) is 14.9 Å². The molecule has 14 heavy (non-hydrogen) atoms. The van der Waals surface area contributed by atoms with Crippen LogP contribution in [0.25, 0.3) is 0 Å². The third-order valence-electron chi connectivity index (χ3n) is 2.89. The zero-order valence-corrected chi connectivity index (χ0v) is 8.87. The minimum Gasteiger partial charge on any atom is -0.337 e. The number of hydrogen-bond donors (Lipinski definition) is 1. The maximum atomic E-state index is 4.08. The molecule has 1 heterocycles. The van der Waals surface area contributed by atoms with Crippen LogP contribution in [0.5, 0.6) is 0 Å². The first kappa shape index (κ1) is 9.71. The topological polar surface area (TPSA) is 29.9 Å². The van der Waals surface area contributed by atoms with Crippen molar-refractivity contribution in [2.45, 2.75) is 32.2 Å². The first-order chi connectivity index (χ1) is 6.86. The first-order valence-electron chi connectivity index (χ1n) is 5.52. The highest BCUT2D eigenvalue weighted by Gasteiger charge is 2.19. The van der Waals surface area contributed by atoms with E-state index < -0.39 is 0 Å². The summed E-state index contributed by atoms with van der Waals surface area (Å²) in [7, 11) is 2.04. The molecule has 0 amide bonds. The van der Waals surface area contributed by atoms with Crippen molar-refractivity contribution in [3.8, 4) is 0 Å². The molecule has 0 atom stereocenters. The van der Waals surface area contributed by atoms with E-state index in [4.69, 9.17) is 0 Å². The summed E-state index contributed by atoms with van der Waals surface area (Å²) in [6.07, 6.45) is 9.46. The molecule has 1 N–H and O–H groups in total. The zero-order valence-electron chi connectivity index (χ0n) is 8.87. The van der Waals surface area contributed by atoms with E-state index in [0.29, 0.717) is 0 Å². The highest BCUT2D eigenvalue weighted by molar-refractivity contribution is 4.96. The van der Waals surface area contributed by atoms with Crippen molar-refractivity contribution in [1.29, 1.82) is 0 Å². The van der Waals surface area contributed by atoms with E-state index in [9.17, 15) is 0 Å². The van der Waals surface area contributed by atoms with Crippen LogP contribution >= 0.6 is 0 Å². The van der Waals surface area contributed by atoms with E-state index in [1.54, 1.807) is 0 Å². The van der Waals surface area contributed by atoms with Crippen LogP contribution in [0.2, 0.25) is 0 Å². The quantitative estimate of drug-likeness (QED) is 0.697. The lowest BCUT2D eigenvalue weighted by Gasteiger charge is -2.04. The molecule has 1 aromatic heterocycles. The predicted octanol–water partition coefficient (Wildman–Crippen LogP) is 1.70. The van der Waals surface area contributed by atoms with E-state index in [1.165, 1.54) is 31.4 Å². The Balaban J connectivity index is 1.56. The van der Waals surface area contributed by atoms with Crippen molar-refractivity contribution in [2.75, 3.05) is 6.54 Å². The van der Waals surface area contributed by atoms with Crippen LogP contribution in [-0.2, 0) is 13.6 Å². The molecule has 0 unspecified atom stereocenters. The Bertz CT molecular complexity index is 276. The Labute approximate surface area is 85.5 Å². The molecule has 1 aliphatic carbocycles. The number of nitrogens with zero attached hydrogens (tertiary/aromatic N) is 2. The Hall–Kier alpha value is -0.830.